The molecule has 0 spiro atoms. The van der Waals surface area contributed by atoms with E-state index >= 15 is 0 Å². The Labute approximate surface area is 166 Å². The van der Waals surface area contributed by atoms with E-state index in [4.69, 9.17) is 4.74 Å². The molecule has 0 bridgehead atoms. The number of hydrogen-bond donors (Lipinski definition) is 2. The Balaban J connectivity index is 1.58. The minimum Gasteiger partial charge on any atom is -0.469 e. The molecule has 0 radical (unpaired) electrons. The van der Waals surface area contributed by atoms with Crippen molar-refractivity contribution in [1.29, 1.82) is 0 Å². The smallest absolute Gasteiger partial charge is 0.309 e. The molecular weight excluding hydrogens is 352 g/mol. The Morgan fingerprint density at radius 1 is 1.04 bits per heavy atom. The largest absolute Gasteiger partial charge is 0.469 e. The van der Waals surface area contributed by atoms with Crippen LogP contribution in [0.1, 0.15) is 30.0 Å². The number of nitrogens with one attached hydrogen (secondary N) is 2. The SMILES string of the molecule is COC(=O)C1CC[NH+](CC(=O)N[C@@H](Cc2ccccc2)c2ccccc2)CC1. The van der Waals surface area contributed by atoms with Gasteiger partial charge in [-0.05, 0) is 17.5 Å². The number of likely N-dealkylation sites (tertiary alicyclic amines) is 1. The van der Waals surface area contributed by atoms with Crippen LogP contribution >= 0.6 is 0 Å². The van der Waals surface area contributed by atoms with Gasteiger partial charge in [-0.15, -0.1) is 0 Å². The van der Waals surface area contributed by atoms with Crippen LogP contribution in [0, 0.1) is 5.92 Å². The van der Waals surface area contributed by atoms with E-state index in [2.05, 4.69) is 29.6 Å². The highest BCUT2D eigenvalue weighted by Gasteiger charge is 2.29. The predicted octanol–water partition coefficient (Wildman–Crippen LogP) is 1.55. The van der Waals surface area contributed by atoms with Gasteiger partial charge in [-0.3, -0.25) is 9.59 Å². The molecule has 1 saturated heterocycles. The molecule has 0 aliphatic carbocycles. The summed E-state index contributed by atoms with van der Waals surface area (Å²) in [4.78, 5) is 25.6. The first-order chi connectivity index (χ1) is 13.7. The number of esters is 1. The average Bonchev–Trinajstić information content (AvgIpc) is 2.74. The van der Waals surface area contributed by atoms with Gasteiger partial charge in [-0.1, -0.05) is 60.7 Å². The molecule has 148 valence electrons. The number of benzene rings is 2. The summed E-state index contributed by atoms with van der Waals surface area (Å²) in [6, 6.07) is 20.3. The van der Waals surface area contributed by atoms with E-state index < -0.39 is 0 Å². The third kappa shape index (κ3) is 5.67. The standard InChI is InChI=1S/C23H28N2O3/c1-28-23(27)20-12-14-25(15-13-20)17-22(26)24-21(19-10-6-3-7-11-19)16-18-8-4-2-5-9-18/h2-11,20-21H,12-17H2,1H3,(H,24,26)/p+1/t21-/m0/s1. The van der Waals surface area contributed by atoms with Crippen molar-refractivity contribution in [2.45, 2.75) is 25.3 Å². The number of rotatable bonds is 7. The molecule has 0 saturated carbocycles. The predicted molar refractivity (Wildman–Crippen MR) is 108 cm³/mol. The minimum atomic E-state index is -0.129. The van der Waals surface area contributed by atoms with Crippen molar-refractivity contribution < 1.29 is 19.2 Å². The van der Waals surface area contributed by atoms with Gasteiger partial charge in [0.2, 0.25) is 0 Å². The second kappa shape index (κ2) is 10.0. The van der Waals surface area contributed by atoms with Gasteiger partial charge >= 0.3 is 5.97 Å². The number of amides is 1. The number of quaternary nitrogens is 1. The second-order valence-corrected chi connectivity index (χ2v) is 7.44. The number of carbonyl (C=O) groups is 2. The summed E-state index contributed by atoms with van der Waals surface area (Å²) in [6.45, 7) is 2.08. The lowest BCUT2D eigenvalue weighted by Crippen LogP contribution is -3.14. The molecule has 0 aromatic heterocycles. The molecule has 5 nitrogen and oxygen atoms in total. The molecule has 1 heterocycles. The molecule has 2 N–H and O–H groups in total. The molecule has 1 aliphatic rings. The van der Waals surface area contributed by atoms with Gasteiger partial charge in [-0.25, -0.2) is 0 Å². The zero-order valence-electron chi connectivity index (χ0n) is 16.4. The van der Waals surface area contributed by atoms with Crippen LogP contribution in [0.5, 0.6) is 0 Å². The Morgan fingerprint density at radius 3 is 2.25 bits per heavy atom. The molecule has 0 unspecified atom stereocenters. The van der Waals surface area contributed by atoms with Crippen molar-refractivity contribution in [3.8, 4) is 0 Å². The maximum Gasteiger partial charge on any atom is 0.309 e. The van der Waals surface area contributed by atoms with Crippen molar-refractivity contribution in [3.63, 3.8) is 0 Å². The Hall–Kier alpha value is -2.66. The second-order valence-electron chi connectivity index (χ2n) is 7.44. The maximum atomic E-state index is 12.7. The van der Waals surface area contributed by atoms with Gasteiger partial charge < -0.3 is 15.0 Å². The first-order valence-electron chi connectivity index (χ1n) is 9.95. The lowest BCUT2D eigenvalue weighted by atomic mass is 9.97. The summed E-state index contributed by atoms with van der Waals surface area (Å²) in [7, 11) is 1.44. The zero-order valence-corrected chi connectivity index (χ0v) is 16.4. The molecule has 2 aromatic carbocycles. The lowest BCUT2D eigenvalue weighted by molar-refractivity contribution is -0.897. The first-order valence-corrected chi connectivity index (χ1v) is 9.95. The molecular formula is C23H29N2O3+. The highest BCUT2D eigenvalue weighted by molar-refractivity contribution is 5.77. The van der Waals surface area contributed by atoms with Gasteiger partial charge in [0.05, 0.1) is 32.2 Å². The van der Waals surface area contributed by atoms with Crippen LogP contribution in [0.25, 0.3) is 0 Å². The Bertz CT molecular complexity index is 756. The minimum absolute atomic E-state index is 0.0213. The molecule has 1 fully saturated rings. The molecule has 1 amide bonds. The van der Waals surface area contributed by atoms with E-state index in [0.29, 0.717) is 6.54 Å². The van der Waals surface area contributed by atoms with E-state index in [-0.39, 0.29) is 23.8 Å². The van der Waals surface area contributed by atoms with Crippen molar-refractivity contribution in [1.82, 2.24) is 5.32 Å². The summed E-state index contributed by atoms with van der Waals surface area (Å²) >= 11 is 0. The zero-order chi connectivity index (χ0) is 19.8. The van der Waals surface area contributed by atoms with Crippen LogP contribution in [0.3, 0.4) is 0 Å². The number of methoxy groups -OCH3 is 1. The topological polar surface area (TPSA) is 59.8 Å². The van der Waals surface area contributed by atoms with E-state index in [9.17, 15) is 9.59 Å². The van der Waals surface area contributed by atoms with Crippen molar-refractivity contribution >= 4 is 11.9 Å². The number of ether oxygens (including phenoxy) is 1. The third-order valence-electron chi connectivity index (χ3n) is 5.46. The lowest BCUT2D eigenvalue weighted by Gasteiger charge is -2.28. The van der Waals surface area contributed by atoms with Gasteiger partial charge in [0.1, 0.15) is 0 Å². The normalized spacial score (nSPS) is 20.2. The molecule has 2 aromatic rings. The Kier molecular flexibility index (Phi) is 7.20. The van der Waals surface area contributed by atoms with Gasteiger partial charge in [0, 0.05) is 12.8 Å². The van der Waals surface area contributed by atoms with Crippen molar-refractivity contribution in [2.24, 2.45) is 5.92 Å². The number of hydrogen-bond acceptors (Lipinski definition) is 3. The highest BCUT2D eigenvalue weighted by atomic mass is 16.5. The van der Waals surface area contributed by atoms with E-state index in [1.165, 1.54) is 17.6 Å². The first kappa shape index (κ1) is 20.1. The van der Waals surface area contributed by atoms with E-state index in [1.54, 1.807) is 0 Å². The third-order valence-corrected chi connectivity index (χ3v) is 5.46. The molecule has 1 atom stereocenters. The monoisotopic (exact) mass is 381 g/mol. The van der Waals surface area contributed by atoms with Crippen LogP contribution in [-0.4, -0.2) is 38.6 Å². The maximum absolute atomic E-state index is 12.7. The highest BCUT2D eigenvalue weighted by Crippen LogP contribution is 2.18. The van der Waals surface area contributed by atoms with E-state index in [0.717, 1.165) is 37.9 Å². The summed E-state index contributed by atoms with van der Waals surface area (Å²) in [6.07, 6.45) is 2.32. The fourth-order valence-corrected chi connectivity index (χ4v) is 3.86. The van der Waals surface area contributed by atoms with Crippen LogP contribution in [-0.2, 0) is 20.7 Å². The van der Waals surface area contributed by atoms with Gasteiger partial charge in [0.25, 0.3) is 5.91 Å². The van der Waals surface area contributed by atoms with Crippen molar-refractivity contribution in [2.75, 3.05) is 26.7 Å². The van der Waals surface area contributed by atoms with Crippen LogP contribution < -0.4 is 10.2 Å². The summed E-state index contributed by atoms with van der Waals surface area (Å²) in [5.41, 5.74) is 2.31. The molecule has 5 heteroatoms. The molecule has 28 heavy (non-hydrogen) atoms. The fourth-order valence-electron chi connectivity index (χ4n) is 3.86. The van der Waals surface area contributed by atoms with Gasteiger partial charge in [-0.2, -0.15) is 0 Å². The van der Waals surface area contributed by atoms with Gasteiger partial charge in [0.15, 0.2) is 6.54 Å². The molecule has 1 aliphatic heterocycles. The number of carbonyl (C=O) groups excluding carboxylic acids is 2. The van der Waals surface area contributed by atoms with Crippen molar-refractivity contribution in [3.05, 3.63) is 71.8 Å². The summed E-state index contributed by atoms with van der Waals surface area (Å²) in [5.74, 6) is -0.0984. The molecule has 3 rings (SSSR count). The summed E-state index contributed by atoms with van der Waals surface area (Å²) in [5, 5.41) is 3.22. The van der Waals surface area contributed by atoms with Crippen LogP contribution in [0.15, 0.2) is 60.7 Å². The Morgan fingerprint density at radius 2 is 1.64 bits per heavy atom. The van der Waals surface area contributed by atoms with Crippen LogP contribution in [0.2, 0.25) is 0 Å². The summed E-state index contributed by atoms with van der Waals surface area (Å²) < 4.78 is 4.84. The average molecular weight is 381 g/mol. The quantitative estimate of drug-likeness (QED) is 0.716. The van der Waals surface area contributed by atoms with Crippen LogP contribution in [0.4, 0.5) is 0 Å². The van der Waals surface area contributed by atoms with E-state index in [1.807, 2.05) is 36.4 Å². The number of piperidine rings is 1. The fraction of sp³-hybridized carbons (Fsp3) is 0.391.